The Kier molecular flexibility index (Phi) is 10.5. The number of piperazine rings is 1. The van der Waals surface area contributed by atoms with Crippen LogP contribution in [0.4, 0.5) is 0 Å². The molecule has 8 heteroatoms. The lowest BCUT2D eigenvalue weighted by molar-refractivity contribution is -0.250. The second-order valence-corrected chi connectivity index (χ2v) is 21.5. The zero-order valence-corrected chi connectivity index (χ0v) is 35.4. The largest absolute Gasteiger partial charge is 0.481 e. The highest BCUT2D eigenvalue weighted by Crippen LogP contribution is 2.77. The molecule has 304 valence electrons. The van der Waals surface area contributed by atoms with E-state index in [0.717, 1.165) is 77.7 Å². The summed E-state index contributed by atoms with van der Waals surface area (Å²) in [5, 5.41) is 9.37. The number of carbonyl (C=O) groups excluding carboxylic acids is 2. The van der Waals surface area contributed by atoms with Gasteiger partial charge in [0, 0.05) is 50.5 Å². The van der Waals surface area contributed by atoms with Crippen LogP contribution in [0.25, 0.3) is 0 Å². The lowest BCUT2D eigenvalue weighted by Crippen LogP contribution is -2.67. The van der Waals surface area contributed by atoms with E-state index in [4.69, 9.17) is 4.74 Å². The van der Waals surface area contributed by atoms with Crippen LogP contribution in [-0.2, 0) is 25.7 Å². The van der Waals surface area contributed by atoms with Gasteiger partial charge in [-0.1, -0.05) is 66.7 Å². The predicted octanol–water partition coefficient (Wildman–Crippen LogP) is 9.19. The van der Waals surface area contributed by atoms with Crippen molar-refractivity contribution in [2.24, 2.45) is 62.1 Å². The Morgan fingerprint density at radius 1 is 0.891 bits per heavy atom. The molecular formula is C47H71N3O5. The van der Waals surface area contributed by atoms with E-state index >= 15 is 4.79 Å². The van der Waals surface area contributed by atoms with Gasteiger partial charge < -0.3 is 14.7 Å². The van der Waals surface area contributed by atoms with Crippen molar-refractivity contribution in [2.45, 2.75) is 145 Å². The Hall–Kier alpha value is -2.74. The molecule has 1 amide bonds. The van der Waals surface area contributed by atoms with Crippen LogP contribution in [0.2, 0.25) is 0 Å². The highest BCUT2D eigenvalue weighted by atomic mass is 16.5. The number of carbonyl (C=O) groups is 3. The van der Waals surface area contributed by atoms with Crippen molar-refractivity contribution in [3.05, 3.63) is 42.2 Å². The fraction of sp³-hybridized carbons (Fsp3) is 0.787. The average molecular weight is 758 g/mol. The molecule has 2 heterocycles. The summed E-state index contributed by atoms with van der Waals surface area (Å²) in [6, 6.07) is 4.15. The summed E-state index contributed by atoms with van der Waals surface area (Å²) in [4.78, 5) is 48.8. The van der Waals surface area contributed by atoms with E-state index in [2.05, 4.69) is 69.0 Å². The van der Waals surface area contributed by atoms with Gasteiger partial charge in [-0.2, -0.15) is 0 Å². The van der Waals surface area contributed by atoms with Crippen molar-refractivity contribution >= 4 is 17.8 Å². The fourth-order valence-electron chi connectivity index (χ4n) is 14.9. The summed E-state index contributed by atoms with van der Waals surface area (Å²) in [6.45, 7) is 27.3. The Balaban J connectivity index is 1.09. The summed E-state index contributed by atoms with van der Waals surface area (Å²) < 4.78 is 6.30. The molecule has 8 nitrogen and oxygen atoms in total. The van der Waals surface area contributed by atoms with Crippen molar-refractivity contribution in [3.8, 4) is 0 Å². The molecule has 0 radical (unpaired) electrons. The van der Waals surface area contributed by atoms with Crippen LogP contribution >= 0.6 is 0 Å². The van der Waals surface area contributed by atoms with Crippen molar-refractivity contribution < 1.29 is 24.2 Å². The highest BCUT2D eigenvalue weighted by molar-refractivity contribution is 5.84. The van der Waals surface area contributed by atoms with E-state index < -0.39 is 11.4 Å². The van der Waals surface area contributed by atoms with Gasteiger partial charge in [-0.25, -0.2) is 0 Å². The van der Waals surface area contributed by atoms with Crippen LogP contribution in [0, 0.1) is 62.1 Å². The third-order valence-electron chi connectivity index (χ3n) is 17.7. The van der Waals surface area contributed by atoms with Crippen molar-refractivity contribution in [1.29, 1.82) is 0 Å². The first-order valence-corrected chi connectivity index (χ1v) is 21.7. The first kappa shape index (κ1) is 40.5. The molecule has 6 fully saturated rings. The molecule has 1 saturated heterocycles. The number of pyridine rings is 1. The van der Waals surface area contributed by atoms with Gasteiger partial charge in [0.25, 0.3) is 0 Å². The van der Waals surface area contributed by atoms with E-state index in [-0.39, 0.29) is 52.0 Å². The van der Waals surface area contributed by atoms with Gasteiger partial charge in [-0.05, 0) is 134 Å². The Bertz CT molecular complexity index is 1650. The number of carboxylic acid groups (broad SMARTS) is 1. The highest BCUT2D eigenvalue weighted by Gasteiger charge is 2.72. The van der Waals surface area contributed by atoms with Crippen LogP contribution in [0.5, 0.6) is 0 Å². The molecular weight excluding hydrogens is 687 g/mol. The number of hydrogen-bond donors (Lipinski definition) is 1. The Morgan fingerprint density at radius 2 is 1.62 bits per heavy atom. The maximum absolute atomic E-state index is 15.1. The zero-order valence-electron chi connectivity index (χ0n) is 35.4. The summed E-state index contributed by atoms with van der Waals surface area (Å²) >= 11 is 0. The monoisotopic (exact) mass is 758 g/mol. The van der Waals surface area contributed by atoms with Crippen molar-refractivity contribution in [2.75, 3.05) is 26.2 Å². The number of ether oxygens (including phenoxy) is 1. The fourth-order valence-corrected chi connectivity index (χ4v) is 14.9. The molecule has 5 aliphatic carbocycles. The average Bonchev–Trinajstić information content (AvgIpc) is 3.51. The number of fused-ring (bicyclic) bond motifs is 7. The minimum atomic E-state index is -0.884. The van der Waals surface area contributed by atoms with Gasteiger partial charge in [0.1, 0.15) is 6.10 Å². The van der Waals surface area contributed by atoms with E-state index in [1.54, 1.807) is 0 Å². The zero-order chi connectivity index (χ0) is 39.8. The van der Waals surface area contributed by atoms with Crippen LogP contribution in [0.3, 0.4) is 0 Å². The summed E-state index contributed by atoms with van der Waals surface area (Å²) in [6.07, 6.45) is 14.5. The van der Waals surface area contributed by atoms with Crippen molar-refractivity contribution in [3.63, 3.8) is 0 Å². The molecule has 0 unspecified atom stereocenters. The molecule has 1 aromatic heterocycles. The molecule has 6 aliphatic rings. The van der Waals surface area contributed by atoms with Crippen LogP contribution in [-0.4, -0.2) is 70.0 Å². The lowest BCUT2D eigenvalue weighted by Gasteiger charge is -2.73. The number of aliphatic carboxylic acids is 1. The molecule has 7 rings (SSSR count). The van der Waals surface area contributed by atoms with Gasteiger partial charge in [-0.3, -0.25) is 24.3 Å². The number of aromatic nitrogens is 1. The van der Waals surface area contributed by atoms with E-state index in [9.17, 15) is 14.7 Å². The number of hydrogen-bond acceptors (Lipinski definition) is 6. The minimum absolute atomic E-state index is 0.0510. The molecule has 1 aromatic rings. The topological polar surface area (TPSA) is 100 Å². The van der Waals surface area contributed by atoms with Crippen LogP contribution < -0.4 is 0 Å². The van der Waals surface area contributed by atoms with E-state index in [1.165, 1.54) is 30.4 Å². The number of allylic oxidation sites excluding steroid dienone is 1. The molecule has 5 saturated carbocycles. The third kappa shape index (κ3) is 6.70. The Labute approximate surface area is 331 Å². The molecule has 55 heavy (non-hydrogen) atoms. The van der Waals surface area contributed by atoms with Crippen molar-refractivity contribution in [1.82, 2.24) is 14.8 Å². The Morgan fingerprint density at radius 3 is 2.27 bits per heavy atom. The SMILES string of the molecule is C=C(C)[C@@H]1CC[C@]2(C(=O)N3CCN(Cc4cccnc4)CC3)CC[C@]3(C)[C@H](CC[C@@H]4[C@@]5(C)CC[C@H](OC(=O)CC(C)(C)CC(=O)O)C(C)(C)[C@@H]5CC[C@]43C)[C@@H]12. The van der Waals surface area contributed by atoms with Gasteiger partial charge in [0.2, 0.25) is 5.91 Å². The maximum atomic E-state index is 15.1. The second-order valence-electron chi connectivity index (χ2n) is 21.5. The maximum Gasteiger partial charge on any atom is 0.306 e. The summed E-state index contributed by atoms with van der Waals surface area (Å²) in [7, 11) is 0. The summed E-state index contributed by atoms with van der Waals surface area (Å²) in [5.41, 5.74) is 1.84. The minimum Gasteiger partial charge on any atom is -0.481 e. The summed E-state index contributed by atoms with van der Waals surface area (Å²) in [5.74, 6) is 1.55. The van der Waals surface area contributed by atoms with Gasteiger partial charge in [-0.15, -0.1) is 0 Å². The first-order chi connectivity index (χ1) is 25.8. The first-order valence-electron chi connectivity index (χ1n) is 21.7. The van der Waals surface area contributed by atoms with Gasteiger partial charge in [0.05, 0.1) is 18.3 Å². The van der Waals surface area contributed by atoms with E-state index in [1.807, 2.05) is 32.3 Å². The standard InChI is InChI=1S/C47H71N3O5/c1-31(2)33-14-19-47(41(54)50-25-23-49(24-26-50)30-32-11-10-22-48-29-32)21-20-45(8)34(40(33)47)12-13-36-44(7)17-16-37(43(5,6)35(44)15-18-46(36,45)9)55-39(53)28-42(3,4)27-38(51)52/h10-11,22,29,33-37,40H,1,12-21,23-28,30H2,2-9H3,(H,51,52)/t33-,34+,35-,36+,37-,40+,44-,45+,46+,47-/m0/s1. The molecule has 0 bridgehead atoms. The number of amides is 1. The second kappa shape index (κ2) is 14.3. The molecule has 1 N–H and O–H groups in total. The number of carboxylic acids is 1. The predicted molar refractivity (Wildman–Crippen MR) is 216 cm³/mol. The molecule has 0 aromatic carbocycles. The van der Waals surface area contributed by atoms with Gasteiger partial charge >= 0.3 is 11.9 Å². The van der Waals surface area contributed by atoms with Crippen LogP contribution in [0.15, 0.2) is 36.7 Å². The smallest absolute Gasteiger partial charge is 0.306 e. The lowest BCUT2D eigenvalue weighted by atomic mass is 9.32. The molecule has 10 atom stereocenters. The quantitative estimate of drug-likeness (QED) is 0.198. The molecule has 0 spiro atoms. The number of rotatable bonds is 9. The molecule has 1 aliphatic heterocycles. The van der Waals surface area contributed by atoms with Gasteiger partial charge in [0.15, 0.2) is 0 Å². The van der Waals surface area contributed by atoms with Crippen LogP contribution in [0.1, 0.15) is 138 Å². The number of esters is 1. The number of nitrogens with zero attached hydrogens (tertiary/aromatic N) is 3. The van der Waals surface area contributed by atoms with E-state index in [0.29, 0.717) is 35.5 Å². The normalized spacial score (nSPS) is 39.9. The third-order valence-corrected chi connectivity index (χ3v) is 17.7.